The minimum absolute atomic E-state index is 0.0279. The molecule has 9 heteroatoms. The third-order valence-electron chi connectivity index (χ3n) is 5.18. The molecule has 5 rings (SSSR count). The van der Waals surface area contributed by atoms with Gasteiger partial charge >= 0.3 is 6.18 Å². The molecule has 2 aromatic carbocycles. The molecule has 0 saturated heterocycles. The van der Waals surface area contributed by atoms with Crippen LogP contribution in [0.25, 0.3) is 22.3 Å². The van der Waals surface area contributed by atoms with Crippen molar-refractivity contribution in [3.8, 4) is 11.3 Å². The van der Waals surface area contributed by atoms with Gasteiger partial charge in [0.15, 0.2) is 5.65 Å². The number of imide groups is 1. The van der Waals surface area contributed by atoms with Crippen LogP contribution in [0.2, 0.25) is 0 Å². The number of nitrogens with zero attached hydrogens (tertiary/aromatic N) is 4. The van der Waals surface area contributed by atoms with Crippen molar-refractivity contribution in [1.29, 1.82) is 0 Å². The van der Waals surface area contributed by atoms with E-state index >= 15 is 0 Å². The van der Waals surface area contributed by atoms with Crippen molar-refractivity contribution in [3.05, 3.63) is 77.5 Å². The Hall–Kier alpha value is -4.01. The Bertz CT molecular complexity index is 1380. The van der Waals surface area contributed by atoms with Crippen LogP contribution >= 0.6 is 0 Å². The maximum Gasteiger partial charge on any atom is 0.416 e. The van der Waals surface area contributed by atoms with Gasteiger partial charge in [-0.15, -0.1) is 0 Å². The second-order valence-electron chi connectivity index (χ2n) is 7.08. The molecule has 31 heavy (non-hydrogen) atoms. The lowest BCUT2D eigenvalue weighted by atomic mass is 10.0. The summed E-state index contributed by atoms with van der Waals surface area (Å²) in [5.41, 5.74) is 0.593. The van der Waals surface area contributed by atoms with Crippen LogP contribution in [0.5, 0.6) is 0 Å². The van der Waals surface area contributed by atoms with Gasteiger partial charge in [-0.25, -0.2) is 14.6 Å². The number of hydrogen-bond acceptors (Lipinski definition) is 4. The van der Waals surface area contributed by atoms with Crippen molar-refractivity contribution in [2.45, 2.75) is 6.18 Å². The second-order valence-corrected chi connectivity index (χ2v) is 7.08. The molecular formula is C22H13F3N4O2. The summed E-state index contributed by atoms with van der Waals surface area (Å²) in [5.74, 6) is -1.44. The summed E-state index contributed by atoms with van der Waals surface area (Å²) in [6, 6.07) is 13.2. The summed E-state index contributed by atoms with van der Waals surface area (Å²) in [5, 5.41) is 4.85. The monoisotopic (exact) mass is 422 g/mol. The largest absolute Gasteiger partial charge is 0.416 e. The molecule has 1 aliphatic rings. The Morgan fingerprint density at radius 2 is 1.68 bits per heavy atom. The van der Waals surface area contributed by atoms with Gasteiger partial charge in [0.2, 0.25) is 0 Å². The highest BCUT2D eigenvalue weighted by Gasteiger charge is 2.41. The van der Waals surface area contributed by atoms with E-state index in [9.17, 15) is 22.8 Å². The normalized spacial score (nSPS) is 13.9. The predicted molar refractivity (Wildman–Crippen MR) is 107 cm³/mol. The second kappa shape index (κ2) is 6.49. The number of carbonyl (C=O) groups is 2. The molecule has 2 amide bonds. The molecule has 4 aromatic rings. The number of aromatic nitrogens is 3. The number of pyridine rings is 1. The highest BCUT2D eigenvalue weighted by molar-refractivity contribution is 6.38. The first-order chi connectivity index (χ1) is 14.8. The summed E-state index contributed by atoms with van der Waals surface area (Å²) >= 11 is 0. The van der Waals surface area contributed by atoms with Crippen molar-refractivity contribution in [1.82, 2.24) is 14.8 Å². The minimum atomic E-state index is -4.60. The fourth-order valence-corrected chi connectivity index (χ4v) is 3.78. The van der Waals surface area contributed by atoms with E-state index in [0.29, 0.717) is 16.7 Å². The summed E-state index contributed by atoms with van der Waals surface area (Å²) in [6.07, 6.45) is -3.34. The Balaban J connectivity index is 1.72. The van der Waals surface area contributed by atoms with Crippen LogP contribution in [0.3, 0.4) is 0 Å². The third kappa shape index (κ3) is 2.81. The Kier molecular flexibility index (Phi) is 3.98. The molecule has 1 aliphatic heterocycles. The number of aryl methyl sites for hydroxylation is 1. The molecule has 2 aromatic heterocycles. The van der Waals surface area contributed by atoms with Crippen molar-refractivity contribution in [2.75, 3.05) is 4.90 Å². The van der Waals surface area contributed by atoms with E-state index in [-0.39, 0.29) is 16.8 Å². The lowest BCUT2D eigenvalue weighted by Crippen LogP contribution is -2.29. The van der Waals surface area contributed by atoms with Gasteiger partial charge in [0.05, 0.1) is 27.8 Å². The first-order valence-corrected chi connectivity index (χ1v) is 9.24. The quantitative estimate of drug-likeness (QED) is 0.448. The summed E-state index contributed by atoms with van der Waals surface area (Å²) in [4.78, 5) is 31.4. The minimum Gasteiger partial charge on any atom is -0.268 e. The molecule has 0 fully saturated rings. The molecule has 0 atom stereocenters. The average Bonchev–Trinajstić information content (AvgIpc) is 3.22. The van der Waals surface area contributed by atoms with E-state index in [4.69, 9.17) is 0 Å². The SMILES string of the molecule is Cn1nc(-c2ccccc2)c2c3c(cnc21)C(=O)N(c1cccc(C(F)(F)F)c1)C3=O. The zero-order valence-corrected chi connectivity index (χ0v) is 16.0. The average molecular weight is 422 g/mol. The van der Waals surface area contributed by atoms with Crippen molar-refractivity contribution < 1.29 is 22.8 Å². The van der Waals surface area contributed by atoms with Crippen LogP contribution in [0.4, 0.5) is 18.9 Å². The molecule has 0 N–H and O–H groups in total. The topological polar surface area (TPSA) is 68.1 Å². The van der Waals surface area contributed by atoms with Crippen molar-refractivity contribution in [3.63, 3.8) is 0 Å². The van der Waals surface area contributed by atoms with Gasteiger partial charge < -0.3 is 0 Å². The number of rotatable bonds is 2. The Morgan fingerprint density at radius 3 is 2.39 bits per heavy atom. The van der Waals surface area contributed by atoms with Gasteiger partial charge in [0.1, 0.15) is 5.69 Å². The number of amides is 2. The summed E-state index contributed by atoms with van der Waals surface area (Å²) < 4.78 is 41.0. The van der Waals surface area contributed by atoms with Crippen LogP contribution < -0.4 is 4.90 Å². The van der Waals surface area contributed by atoms with Crippen molar-refractivity contribution in [2.24, 2.45) is 7.05 Å². The highest BCUT2D eigenvalue weighted by atomic mass is 19.4. The maximum atomic E-state index is 13.3. The van der Waals surface area contributed by atoms with Gasteiger partial charge in [0.25, 0.3) is 11.8 Å². The molecule has 0 spiro atoms. The van der Waals surface area contributed by atoms with Gasteiger partial charge in [-0.3, -0.25) is 9.59 Å². The predicted octanol–water partition coefficient (Wildman–Crippen LogP) is 4.45. The molecule has 0 radical (unpaired) electrons. The Labute approximate surface area is 173 Å². The van der Waals surface area contributed by atoms with Crippen LogP contribution in [-0.2, 0) is 13.2 Å². The fraction of sp³-hybridized carbons (Fsp3) is 0.0909. The Morgan fingerprint density at radius 1 is 0.935 bits per heavy atom. The number of alkyl halides is 3. The number of benzene rings is 2. The lowest BCUT2D eigenvalue weighted by Gasteiger charge is -2.16. The number of carbonyl (C=O) groups excluding carboxylic acids is 2. The molecule has 0 saturated carbocycles. The van der Waals surface area contributed by atoms with E-state index in [1.165, 1.54) is 16.9 Å². The number of hydrogen-bond donors (Lipinski definition) is 0. The standard InChI is InChI=1S/C22H13F3N4O2/c1-28-19-17(18(27-28)12-6-3-2-4-7-12)16-15(11-26-19)20(30)29(21(16)31)14-9-5-8-13(10-14)22(23,24)25/h2-11H,1H3. The first-order valence-electron chi connectivity index (χ1n) is 9.24. The summed E-state index contributed by atoms with van der Waals surface area (Å²) in [7, 11) is 1.67. The lowest BCUT2D eigenvalue weighted by molar-refractivity contribution is -0.137. The smallest absolute Gasteiger partial charge is 0.268 e. The molecule has 154 valence electrons. The van der Waals surface area contributed by atoms with Gasteiger partial charge in [0, 0.05) is 18.8 Å². The van der Waals surface area contributed by atoms with Crippen LogP contribution in [-0.4, -0.2) is 26.6 Å². The van der Waals surface area contributed by atoms with Gasteiger partial charge in [-0.2, -0.15) is 18.3 Å². The highest BCUT2D eigenvalue weighted by Crippen LogP contribution is 2.38. The van der Waals surface area contributed by atoms with E-state index in [2.05, 4.69) is 10.1 Å². The molecule has 6 nitrogen and oxygen atoms in total. The first kappa shape index (κ1) is 19.0. The van der Waals surface area contributed by atoms with E-state index < -0.39 is 23.6 Å². The summed E-state index contributed by atoms with van der Waals surface area (Å²) in [6.45, 7) is 0. The number of anilines is 1. The zero-order chi connectivity index (χ0) is 21.9. The molecule has 0 aliphatic carbocycles. The molecule has 0 bridgehead atoms. The third-order valence-corrected chi connectivity index (χ3v) is 5.18. The van der Waals surface area contributed by atoms with Crippen LogP contribution in [0, 0.1) is 0 Å². The maximum absolute atomic E-state index is 13.3. The number of halogens is 3. The van der Waals surface area contributed by atoms with Crippen molar-refractivity contribution >= 4 is 28.5 Å². The molecule has 0 unspecified atom stereocenters. The van der Waals surface area contributed by atoms with E-state index in [1.54, 1.807) is 7.05 Å². The van der Waals surface area contributed by atoms with Gasteiger partial charge in [-0.05, 0) is 18.2 Å². The molecular weight excluding hydrogens is 409 g/mol. The van der Waals surface area contributed by atoms with E-state index in [0.717, 1.165) is 28.7 Å². The van der Waals surface area contributed by atoms with Gasteiger partial charge in [-0.1, -0.05) is 36.4 Å². The fourth-order valence-electron chi connectivity index (χ4n) is 3.78. The zero-order valence-electron chi connectivity index (χ0n) is 16.0. The van der Waals surface area contributed by atoms with Crippen LogP contribution in [0.1, 0.15) is 26.3 Å². The number of fused-ring (bicyclic) bond motifs is 3. The van der Waals surface area contributed by atoms with E-state index in [1.807, 2.05) is 30.3 Å². The van der Waals surface area contributed by atoms with Crippen LogP contribution in [0.15, 0.2) is 60.8 Å². The molecule has 3 heterocycles.